The topological polar surface area (TPSA) is 29.5 Å². The van der Waals surface area contributed by atoms with Crippen LogP contribution in [0.15, 0.2) is 0 Å². The van der Waals surface area contributed by atoms with Gasteiger partial charge in [0.05, 0.1) is 6.10 Å². The molecule has 1 fully saturated rings. The van der Waals surface area contributed by atoms with Gasteiger partial charge in [0.25, 0.3) is 0 Å². The molecule has 0 aromatic carbocycles. The molecule has 1 saturated heterocycles. The fourth-order valence-electron chi connectivity index (χ4n) is 1.76. The van der Waals surface area contributed by atoms with E-state index in [0.29, 0.717) is 11.8 Å². The number of ether oxygens (including phenoxy) is 1. The van der Waals surface area contributed by atoms with Crippen LogP contribution in [0.25, 0.3) is 0 Å². The van der Waals surface area contributed by atoms with E-state index in [2.05, 4.69) is 6.92 Å². The first-order chi connectivity index (χ1) is 6.25. The summed E-state index contributed by atoms with van der Waals surface area (Å²) in [6.45, 7) is 2.88. The van der Waals surface area contributed by atoms with Crippen LogP contribution < -0.4 is 0 Å². The molecule has 0 aliphatic carbocycles. The molecule has 3 atom stereocenters. The molecule has 0 bridgehead atoms. The molecule has 1 aliphatic heterocycles. The Morgan fingerprint density at radius 1 is 1.62 bits per heavy atom. The van der Waals surface area contributed by atoms with Gasteiger partial charge >= 0.3 is 0 Å². The molecule has 0 radical (unpaired) electrons. The van der Waals surface area contributed by atoms with Crippen molar-refractivity contribution in [1.29, 1.82) is 0 Å². The molecule has 0 spiro atoms. The number of methoxy groups -OCH3 is 1. The zero-order chi connectivity index (χ0) is 9.68. The molecule has 78 valence electrons. The van der Waals surface area contributed by atoms with Crippen molar-refractivity contribution in [3.63, 3.8) is 0 Å². The summed E-state index contributed by atoms with van der Waals surface area (Å²) in [7, 11) is 1.71. The second-order valence-corrected chi connectivity index (χ2v) is 5.02. The number of thioether (sulfide) groups is 1. The highest BCUT2D eigenvalue weighted by Crippen LogP contribution is 2.30. The van der Waals surface area contributed by atoms with E-state index in [1.807, 2.05) is 11.8 Å². The predicted molar refractivity (Wildman–Crippen MR) is 57.1 cm³/mol. The Kier molecular flexibility index (Phi) is 5.14. The van der Waals surface area contributed by atoms with Crippen LogP contribution in [0.5, 0.6) is 0 Å². The lowest BCUT2D eigenvalue weighted by molar-refractivity contribution is 0.0503. The Morgan fingerprint density at radius 2 is 2.38 bits per heavy atom. The second-order valence-electron chi connectivity index (χ2n) is 3.87. The maximum atomic E-state index is 9.98. The number of hydrogen-bond donors (Lipinski definition) is 1. The molecular formula is C10H20O2S. The summed E-state index contributed by atoms with van der Waals surface area (Å²) in [5.41, 5.74) is 0. The van der Waals surface area contributed by atoms with Crippen LogP contribution in [0.2, 0.25) is 0 Å². The van der Waals surface area contributed by atoms with Gasteiger partial charge in [-0.25, -0.2) is 0 Å². The van der Waals surface area contributed by atoms with Crippen molar-refractivity contribution >= 4 is 11.8 Å². The summed E-state index contributed by atoms with van der Waals surface area (Å²) in [4.78, 5) is 0. The average molecular weight is 204 g/mol. The van der Waals surface area contributed by atoms with Gasteiger partial charge in [-0.15, -0.1) is 0 Å². The van der Waals surface area contributed by atoms with Crippen LogP contribution in [0.1, 0.15) is 19.8 Å². The lowest BCUT2D eigenvalue weighted by Gasteiger charge is -2.23. The van der Waals surface area contributed by atoms with E-state index >= 15 is 0 Å². The minimum absolute atomic E-state index is 0.120. The van der Waals surface area contributed by atoms with Crippen molar-refractivity contribution < 1.29 is 9.84 Å². The lowest BCUT2D eigenvalue weighted by Crippen LogP contribution is -2.28. The monoisotopic (exact) mass is 204 g/mol. The summed E-state index contributed by atoms with van der Waals surface area (Å²) in [6, 6.07) is 0. The number of aliphatic hydroxyl groups is 1. The average Bonchev–Trinajstić information content (AvgIpc) is 2.65. The van der Waals surface area contributed by atoms with Crippen LogP contribution in [0.4, 0.5) is 0 Å². The summed E-state index contributed by atoms with van der Waals surface area (Å²) >= 11 is 1.96. The van der Waals surface area contributed by atoms with Gasteiger partial charge in [-0.1, -0.05) is 6.92 Å². The Bertz CT molecular complexity index is 135. The van der Waals surface area contributed by atoms with Gasteiger partial charge in [0.1, 0.15) is 0 Å². The van der Waals surface area contributed by atoms with Crippen LogP contribution in [0.3, 0.4) is 0 Å². The first-order valence-corrected chi connectivity index (χ1v) is 6.16. The fourth-order valence-corrected chi connectivity index (χ4v) is 3.06. The Hall–Kier alpha value is 0.270. The van der Waals surface area contributed by atoms with Crippen molar-refractivity contribution in [1.82, 2.24) is 0 Å². The number of hydrogen-bond acceptors (Lipinski definition) is 3. The van der Waals surface area contributed by atoms with Gasteiger partial charge < -0.3 is 9.84 Å². The second kappa shape index (κ2) is 5.89. The molecule has 1 heterocycles. The zero-order valence-corrected chi connectivity index (χ0v) is 9.35. The fraction of sp³-hybridized carbons (Fsp3) is 1.00. The van der Waals surface area contributed by atoms with Gasteiger partial charge in [0.15, 0.2) is 0 Å². The van der Waals surface area contributed by atoms with Crippen LogP contribution >= 0.6 is 11.8 Å². The number of aliphatic hydroxyl groups excluding tert-OH is 1. The van der Waals surface area contributed by atoms with Crippen molar-refractivity contribution in [2.24, 2.45) is 11.8 Å². The van der Waals surface area contributed by atoms with E-state index in [-0.39, 0.29) is 6.10 Å². The molecule has 0 saturated carbocycles. The van der Waals surface area contributed by atoms with Gasteiger partial charge in [0, 0.05) is 13.7 Å². The Labute approximate surface area is 85.0 Å². The van der Waals surface area contributed by atoms with Crippen LogP contribution in [-0.4, -0.2) is 36.4 Å². The molecule has 0 amide bonds. The molecule has 3 unspecified atom stereocenters. The van der Waals surface area contributed by atoms with Gasteiger partial charge in [-0.05, 0) is 36.2 Å². The van der Waals surface area contributed by atoms with Crippen molar-refractivity contribution in [2.45, 2.75) is 25.9 Å². The van der Waals surface area contributed by atoms with E-state index in [9.17, 15) is 5.11 Å². The Balaban J connectivity index is 2.23. The van der Waals surface area contributed by atoms with Crippen LogP contribution in [0, 0.1) is 11.8 Å². The Morgan fingerprint density at radius 3 is 2.92 bits per heavy atom. The third-order valence-electron chi connectivity index (χ3n) is 2.81. The zero-order valence-electron chi connectivity index (χ0n) is 8.53. The minimum Gasteiger partial charge on any atom is -0.393 e. The predicted octanol–water partition coefficient (Wildman–Crippen LogP) is 1.77. The molecule has 13 heavy (non-hydrogen) atoms. The maximum Gasteiger partial charge on any atom is 0.0602 e. The highest BCUT2D eigenvalue weighted by Gasteiger charge is 2.27. The molecule has 3 heteroatoms. The first-order valence-electron chi connectivity index (χ1n) is 5.00. The van der Waals surface area contributed by atoms with Gasteiger partial charge in [0.2, 0.25) is 0 Å². The van der Waals surface area contributed by atoms with Crippen molar-refractivity contribution in [3.05, 3.63) is 0 Å². The van der Waals surface area contributed by atoms with E-state index in [1.54, 1.807) is 7.11 Å². The van der Waals surface area contributed by atoms with E-state index in [0.717, 1.165) is 18.8 Å². The molecule has 1 rings (SSSR count). The molecule has 0 aromatic rings. The first kappa shape index (κ1) is 11.3. The third kappa shape index (κ3) is 3.49. The summed E-state index contributed by atoms with van der Waals surface area (Å²) < 4.78 is 5.01. The number of rotatable bonds is 5. The largest absolute Gasteiger partial charge is 0.393 e. The van der Waals surface area contributed by atoms with Crippen LogP contribution in [-0.2, 0) is 4.74 Å². The summed E-state index contributed by atoms with van der Waals surface area (Å²) in [5.74, 6) is 3.26. The third-order valence-corrected chi connectivity index (χ3v) is 4.00. The lowest BCUT2D eigenvalue weighted by atomic mass is 9.90. The molecular weight excluding hydrogens is 184 g/mol. The van der Waals surface area contributed by atoms with E-state index in [1.165, 1.54) is 12.2 Å². The van der Waals surface area contributed by atoms with E-state index in [4.69, 9.17) is 4.74 Å². The molecule has 1 aliphatic rings. The summed E-state index contributed by atoms with van der Waals surface area (Å²) in [5, 5.41) is 9.98. The van der Waals surface area contributed by atoms with Crippen molar-refractivity contribution in [2.75, 3.05) is 25.2 Å². The maximum absolute atomic E-state index is 9.98. The summed E-state index contributed by atoms with van der Waals surface area (Å²) in [6.07, 6.45) is 2.03. The smallest absolute Gasteiger partial charge is 0.0602 e. The standard InChI is InChI=1S/C10H20O2S/c1-8(3-5-12-2)10(11)9-4-6-13-7-9/h8-11H,3-7H2,1-2H3. The normalized spacial score (nSPS) is 27.5. The highest BCUT2D eigenvalue weighted by atomic mass is 32.2. The molecule has 2 nitrogen and oxygen atoms in total. The highest BCUT2D eigenvalue weighted by molar-refractivity contribution is 7.99. The van der Waals surface area contributed by atoms with Gasteiger partial charge in [-0.2, -0.15) is 11.8 Å². The van der Waals surface area contributed by atoms with Gasteiger partial charge in [-0.3, -0.25) is 0 Å². The quantitative estimate of drug-likeness (QED) is 0.740. The SMILES string of the molecule is COCCC(C)C(O)C1CCSC1. The molecule has 0 aromatic heterocycles. The molecule has 1 N–H and O–H groups in total. The minimum atomic E-state index is -0.120. The van der Waals surface area contributed by atoms with E-state index < -0.39 is 0 Å². The van der Waals surface area contributed by atoms with Crippen molar-refractivity contribution in [3.8, 4) is 0 Å².